The Hall–Kier alpha value is -0.770. The number of thiophene rings is 2. The molecule has 5 nitrogen and oxygen atoms in total. The van der Waals surface area contributed by atoms with E-state index in [0.29, 0.717) is 22.7 Å². The number of hydrogen-bond donors (Lipinski definition) is 1. The van der Waals surface area contributed by atoms with Crippen LogP contribution < -0.4 is 17.0 Å². The third-order valence-electron chi connectivity index (χ3n) is 5.52. The lowest BCUT2D eigenvalue weighted by Crippen LogP contribution is -3.00. The zero-order valence-corrected chi connectivity index (χ0v) is 17.3. The van der Waals surface area contributed by atoms with Gasteiger partial charge in [-0.05, 0) is 22.8 Å². The molecule has 2 aromatic heterocycles. The van der Waals surface area contributed by atoms with Gasteiger partial charge in [-0.2, -0.15) is 0 Å². The molecule has 0 amide bonds. The van der Waals surface area contributed by atoms with E-state index in [2.05, 4.69) is 0 Å². The van der Waals surface area contributed by atoms with Crippen molar-refractivity contribution in [3.05, 3.63) is 44.6 Å². The molecule has 3 saturated heterocycles. The fourth-order valence-corrected chi connectivity index (χ4v) is 5.39. The van der Waals surface area contributed by atoms with Crippen LogP contribution in [-0.4, -0.2) is 60.0 Å². The van der Waals surface area contributed by atoms with Gasteiger partial charge in [-0.25, -0.2) is 4.79 Å². The highest BCUT2D eigenvalue weighted by Gasteiger charge is 2.71. The van der Waals surface area contributed by atoms with Crippen LogP contribution in [0.3, 0.4) is 0 Å². The predicted molar refractivity (Wildman–Crippen MR) is 99.1 cm³/mol. The largest absolute Gasteiger partial charge is 1.00 e. The molecular formula is C19H22BrNO4S2. The van der Waals surface area contributed by atoms with E-state index >= 15 is 0 Å². The number of esters is 1. The summed E-state index contributed by atoms with van der Waals surface area (Å²) in [7, 11) is 1.57. The molecular weight excluding hydrogens is 450 g/mol. The van der Waals surface area contributed by atoms with Crippen molar-refractivity contribution < 1.29 is 54.5 Å². The van der Waals surface area contributed by atoms with E-state index in [1.165, 1.54) is 0 Å². The van der Waals surface area contributed by atoms with Crippen molar-refractivity contribution >= 4 is 28.6 Å². The highest BCUT2D eigenvalue weighted by Crippen LogP contribution is 2.52. The number of epoxide rings is 1. The Morgan fingerprint density at radius 1 is 1.33 bits per heavy atom. The van der Waals surface area contributed by atoms with Gasteiger partial charge in [0, 0.05) is 12.8 Å². The first-order valence-electron chi connectivity index (χ1n) is 13.1. The maximum absolute atomic E-state index is 13.6. The maximum atomic E-state index is 13.6. The molecule has 8 heteroatoms. The summed E-state index contributed by atoms with van der Waals surface area (Å²) >= 11 is 0.926. The van der Waals surface area contributed by atoms with Crippen molar-refractivity contribution in [2.75, 3.05) is 14.0 Å². The van der Waals surface area contributed by atoms with Crippen LogP contribution in [0.1, 0.15) is 36.3 Å². The fraction of sp³-hybridized carbons (Fsp3) is 0.526. The molecule has 2 aromatic rings. The van der Waals surface area contributed by atoms with Crippen LogP contribution in [-0.2, 0) is 19.9 Å². The molecule has 146 valence electrons. The number of aliphatic hydroxyl groups is 1. The first-order valence-corrected chi connectivity index (χ1v) is 9.72. The van der Waals surface area contributed by atoms with Crippen LogP contribution >= 0.6 is 22.7 Å². The molecule has 0 radical (unpaired) electrons. The summed E-state index contributed by atoms with van der Waals surface area (Å²) in [5, 5.41) is 10.9. The number of fused-ring (bicyclic) bond motifs is 5. The Balaban J connectivity index is 0.00000320. The van der Waals surface area contributed by atoms with Gasteiger partial charge in [0.2, 0.25) is 5.60 Å². The lowest BCUT2D eigenvalue weighted by atomic mass is 9.95. The smallest absolute Gasteiger partial charge is 0.349 e. The normalized spacial score (nSPS) is 45.1. The van der Waals surface area contributed by atoms with Gasteiger partial charge in [0.1, 0.15) is 30.4 Å². The van der Waals surface area contributed by atoms with E-state index in [0.717, 1.165) is 0 Å². The highest BCUT2D eigenvalue weighted by atomic mass is 79.9. The number of ether oxygens (including phenoxy) is 2. The number of carbonyl (C=O) groups is 1. The molecule has 3 aliphatic rings. The van der Waals surface area contributed by atoms with E-state index in [1.54, 1.807) is 7.05 Å². The SMILES string of the molecule is [2H]c1sc(C(O)(C(=O)OC2([2H])CC3C4OC4C(C2)[N+]3(C)C([2H])([2H])[2H])c2sc([2H])c([2H])c2[2H])c([2H])c1[2H].[Br-]. The molecule has 3 aliphatic heterocycles. The van der Waals surface area contributed by atoms with Gasteiger partial charge in [0.05, 0.1) is 37.5 Å². The van der Waals surface area contributed by atoms with Gasteiger partial charge < -0.3 is 36.0 Å². The van der Waals surface area contributed by atoms with Crippen molar-refractivity contribution in [3.8, 4) is 0 Å². The number of quaternary nitrogens is 1. The third kappa shape index (κ3) is 2.84. The van der Waals surface area contributed by atoms with E-state index in [-0.39, 0.29) is 34.3 Å². The maximum Gasteiger partial charge on any atom is 0.349 e. The van der Waals surface area contributed by atoms with Crippen molar-refractivity contribution in [2.45, 2.75) is 48.8 Å². The third-order valence-corrected chi connectivity index (χ3v) is 7.13. The minimum absolute atomic E-state index is 0. The van der Waals surface area contributed by atoms with Crippen LogP contribution in [0, 0.1) is 0 Å². The molecule has 0 spiro atoms. The van der Waals surface area contributed by atoms with Gasteiger partial charge in [-0.15, -0.1) is 22.7 Å². The fourth-order valence-electron chi connectivity index (χ4n) is 4.05. The summed E-state index contributed by atoms with van der Waals surface area (Å²) in [5.41, 5.74) is -2.90. The number of morpholine rings is 1. The topological polar surface area (TPSA) is 59.1 Å². The summed E-state index contributed by atoms with van der Waals surface area (Å²) in [6.45, 7) is -2.39. The molecule has 0 saturated carbocycles. The van der Waals surface area contributed by atoms with Crippen LogP contribution in [0.5, 0.6) is 0 Å². The molecule has 3 fully saturated rings. The first-order chi connectivity index (χ1) is 16.5. The minimum Gasteiger partial charge on any atom is -1.00 e. The van der Waals surface area contributed by atoms with Gasteiger partial charge in [-0.3, -0.25) is 0 Å². The van der Waals surface area contributed by atoms with E-state index in [4.69, 9.17) is 23.2 Å². The van der Waals surface area contributed by atoms with Crippen LogP contribution in [0.15, 0.2) is 34.9 Å². The number of rotatable bonds is 4. The van der Waals surface area contributed by atoms with E-state index in [1.807, 2.05) is 0 Å². The molecule has 0 aromatic carbocycles. The number of likely N-dealkylation sites (N-methyl/N-ethyl adjacent to an activating group) is 1. The van der Waals surface area contributed by atoms with E-state index in [9.17, 15) is 9.90 Å². The molecule has 27 heavy (non-hydrogen) atoms. The highest BCUT2D eigenvalue weighted by molar-refractivity contribution is 7.12. The summed E-state index contributed by atoms with van der Waals surface area (Å²) in [5.74, 6) is -1.44. The van der Waals surface area contributed by atoms with Gasteiger partial charge in [0.25, 0.3) is 0 Å². The number of halogens is 1. The molecule has 0 aliphatic carbocycles. The van der Waals surface area contributed by atoms with Crippen LogP contribution in [0.2, 0.25) is 0 Å². The lowest BCUT2D eigenvalue weighted by molar-refractivity contribution is -0.938. The summed E-state index contributed by atoms with van der Waals surface area (Å²) in [6.07, 6.45) is -3.14. The van der Waals surface area contributed by atoms with Gasteiger partial charge >= 0.3 is 5.97 Å². The second-order valence-corrected chi connectivity index (χ2v) is 8.59. The molecule has 4 atom stereocenters. The minimum atomic E-state index is -2.90. The monoisotopic (exact) mass is 481 g/mol. The summed E-state index contributed by atoms with van der Waals surface area (Å²) in [4.78, 5) is 12.7. The second-order valence-electron chi connectivity index (χ2n) is 6.96. The first kappa shape index (κ1) is 10.8. The molecule has 2 bridgehead atoms. The lowest BCUT2D eigenvalue weighted by Gasteiger charge is -2.45. The zero-order chi connectivity index (χ0) is 26.7. The average Bonchev–Trinajstić information content (AvgIpc) is 3.44. The zero-order valence-electron chi connectivity index (χ0n) is 24.0. The standard InChI is InChI=1S/C19H22NO4S2.BrH/c1-20(2)12-9-11(10-13(20)17-16(12)24-17)23-18(21)19(22,14-5-3-7-25-14)15-6-4-8-26-15;/h3-8,11-13,16-17,22H,9-10H2,1-2H3;1H/q+1;/p-1/i1D3,3D,4D,5D,6D,7D,8D,11D;. The summed E-state index contributed by atoms with van der Waals surface area (Å²) in [6, 6.07) is -3.72. The van der Waals surface area contributed by atoms with Gasteiger partial charge in [0.15, 0.2) is 0 Å². The Morgan fingerprint density at radius 3 is 2.33 bits per heavy atom. The van der Waals surface area contributed by atoms with Crippen molar-refractivity contribution in [2.24, 2.45) is 0 Å². The molecule has 5 rings (SSSR count). The summed E-state index contributed by atoms with van der Waals surface area (Å²) < 4.78 is 91.8. The molecule has 1 N–H and O–H groups in total. The average molecular weight is 482 g/mol. The quantitative estimate of drug-likeness (QED) is 0.358. The Bertz CT molecular complexity index is 1210. The van der Waals surface area contributed by atoms with Crippen LogP contribution in [0.4, 0.5) is 0 Å². The Kier molecular flexibility index (Phi) is 2.67. The Morgan fingerprint density at radius 2 is 1.89 bits per heavy atom. The van der Waals surface area contributed by atoms with Crippen molar-refractivity contribution in [3.63, 3.8) is 0 Å². The molecule has 4 unspecified atom stereocenters. The van der Waals surface area contributed by atoms with Crippen molar-refractivity contribution in [1.29, 1.82) is 0 Å². The number of carbonyl (C=O) groups excluding carboxylic acids is 1. The Labute approximate surface area is 190 Å². The second kappa shape index (κ2) is 6.64. The molecule has 5 heterocycles. The van der Waals surface area contributed by atoms with E-state index < -0.39 is 93.6 Å². The van der Waals surface area contributed by atoms with Gasteiger partial charge in [-0.1, -0.05) is 12.1 Å². The van der Waals surface area contributed by atoms with Crippen LogP contribution in [0.25, 0.3) is 0 Å². The number of nitrogens with zero attached hydrogens (tertiary/aromatic N) is 1. The van der Waals surface area contributed by atoms with Crippen molar-refractivity contribution in [1.82, 2.24) is 0 Å². The number of piperidine rings is 1. The number of hydrogen-bond acceptors (Lipinski definition) is 6. The predicted octanol–water partition coefficient (Wildman–Crippen LogP) is -0.650.